The van der Waals surface area contributed by atoms with Crippen LogP contribution in [0.4, 0.5) is 5.13 Å². The minimum atomic E-state index is -3.62. The van der Waals surface area contributed by atoms with Gasteiger partial charge < -0.3 is 14.4 Å². The summed E-state index contributed by atoms with van der Waals surface area (Å²) in [6.07, 6.45) is -0.145. The minimum absolute atomic E-state index is 0.145. The molecule has 178 valence electrons. The van der Waals surface area contributed by atoms with Crippen molar-refractivity contribution in [3.8, 4) is 11.5 Å². The summed E-state index contributed by atoms with van der Waals surface area (Å²) in [5, 5.41) is 0.534. The van der Waals surface area contributed by atoms with Crippen molar-refractivity contribution >= 4 is 42.4 Å². The lowest BCUT2D eigenvalue weighted by atomic mass is 10.2. The summed E-state index contributed by atoms with van der Waals surface area (Å²) >= 11 is 1.41. The van der Waals surface area contributed by atoms with E-state index in [1.807, 2.05) is 38.1 Å². The normalized spacial score (nSPS) is 11.7. The molecule has 0 N–H and O–H groups in total. The number of rotatable bonds is 10. The summed E-state index contributed by atoms with van der Waals surface area (Å²) in [7, 11) is 3.32. The molecule has 0 atom stereocenters. The highest BCUT2D eigenvalue weighted by atomic mass is 32.2. The molecule has 0 spiro atoms. The van der Waals surface area contributed by atoms with E-state index in [0.29, 0.717) is 35.2 Å². The van der Waals surface area contributed by atoms with Gasteiger partial charge in [0.05, 0.1) is 29.6 Å². The molecule has 0 fully saturated rings. The SMILES string of the molecule is COc1ccc(S(=O)(=O)CCC(=O)N(CCN(C)C)c2nc3c(OC)ccc(C)c3s2)cc1. The van der Waals surface area contributed by atoms with Crippen LogP contribution >= 0.6 is 11.3 Å². The predicted molar refractivity (Wildman–Crippen MR) is 131 cm³/mol. The molecule has 0 aliphatic heterocycles. The van der Waals surface area contributed by atoms with Gasteiger partial charge in [0, 0.05) is 19.5 Å². The first-order valence-corrected chi connectivity index (χ1v) is 12.9. The van der Waals surface area contributed by atoms with Crippen LogP contribution in [0.5, 0.6) is 11.5 Å². The van der Waals surface area contributed by atoms with Gasteiger partial charge in [0.2, 0.25) is 5.91 Å². The van der Waals surface area contributed by atoms with Gasteiger partial charge >= 0.3 is 0 Å². The quantitative estimate of drug-likeness (QED) is 0.430. The number of ether oxygens (including phenoxy) is 2. The molecule has 10 heteroatoms. The Balaban J connectivity index is 1.85. The second kappa shape index (κ2) is 10.5. The van der Waals surface area contributed by atoms with E-state index in [0.717, 1.165) is 10.3 Å². The lowest BCUT2D eigenvalue weighted by molar-refractivity contribution is -0.118. The highest BCUT2D eigenvalue weighted by molar-refractivity contribution is 7.91. The van der Waals surface area contributed by atoms with Crippen molar-refractivity contribution in [1.29, 1.82) is 0 Å². The number of likely N-dealkylation sites (N-methyl/N-ethyl adjacent to an activating group) is 1. The topological polar surface area (TPSA) is 89.0 Å². The van der Waals surface area contributed by atoms with Crippen LogP contribution in [0.15, 0.2) is 41.3 Å². The summed E-state index contributed by atoms with van der Waals surface area (Å²) in [6, 6.07) is 9.98. The number of nitrogens with zero attached hydrogens (tertiary/aromatic N) is 3. The van der Waals surface area contributed by atoms with Gasteiger partial charge in [0.1, 0.15) is 17.0 Å². The van der Waals surface area contributed by atoms with Gasteiger partial charge in [-0.15, -0.1) is 0 Å². The van der Waals surface area contributed by atoms with Crippen LogP contribution in [0.3, 0.4) is 0 Å². The summed E-state index contributed by atoms with van der Waals surface area (Å²) in [5.74, 6) is 0.635. The number of carbonyl (C=O) groups is 1. The van der Waals surface area contributed by atoms with Crippen LogP contribution < -0.4 is 14.4 Å². The van der Waals surface area contributed by atoms with Gasteiger partial charge in [-0.25, -0.2) is 13.4 Å². The van der Waals surface area contributed by atoms with Crippen molar-refractivity contribution in [2.24, 2.45) is 0 Å². The average molecular weight is 492 g/mol. The van der Waals surface area contributed by atoms with Gasteiger partial charge in [-0.2, -0.15) is 0 Å². The second-order valence-electron chi connectivity index (χ2n) is 7.85. The zero-order valence-corrected chi connectivity index (χ0v) is 21.1. The summed E-state index contributed by atoms with van der Waals surface area (Å²) in [5.41, 5.74) is 1.74. The summed E-state index contributed by atoms with van der Waals surface area (Å²) in [6.45, 7) is 3.00. The van der Waals surface area contributed by atoms with Gasteiger partial charge in [0.15, 0.2) is 15.0 Å². The van der Waals surface area contributed by atoms with Gasteiger partial charge in [-0.05, 0) is 56.9 Å². The van der Waals surface area contributed by atoms with E-state index in [2.05, 4.69) is 4.98 Å². The molecule has 33 heavy (non-hydrogen) atoms. The molecule has 1 aromatic heterocycles. The zero-order valence-electron chi connectivity index (χ0n) is 19.5. The third-order valence-corrected chi connectivity index (χ3v) is 8.16. The van der Waals surface area contributed by atoms with Crippen molar-refractivity contribution in [3.63, 3.8) is 0 Å². The lowest BCUT2D eigenvalue weighted by Crippen LogP contribution is -2.37. The maximum absolute atomic E-state index is 13.2. The summed E-state index contributed by atoms with van der Waals surface area (Å²) < 4.78 is 37.0. The summed E-state index contributed by atoms with van der Waals surface area (Å²) in [4.78, 5) is 21.6. The smallest absolute Gasteiger partial charge is 0.229 e. The highest BCUT2D eigenvalue weighted by Gasteiger charge is 2.24. The van der Waals surface area contributed by atoms with E-state index in [1.165, 1.54) is 30.6 Å². The minimum Gasteiger partial charge on any atom is -0.497 e. The lowest BCUT2D eigenvalue weighted by Gasteiger charge is -2.22. The molecule has 1 amide bonds. The molecule has 0 aliphatic rings. The second-order valence-corrected chi connectivity index (χ2v) is 10.9. The zero-order chi connectivity index (χ0) is 24.2. The number of aryl methyl sites for hydroxylation is 1. The Hall–Kier alpha value is -2.69. The Bertz CT molecular complexity index is 1220. The van der Waals surface area contributed by atoms with Crippen LogP contribution in [0, 0.1) is 6.92 Å². The van der Waals surface area contributed by atoms with E-state index in [-0.39, 0.29) is 23.0 Å². The number of hydrogen-bond acceptors (Lipinski definition) is 8. The fourth-order valence-corrected chi connectivity index (χ4v) is 5.59. The van der Waals surface area contributed by atoms with E-state index < -0.39 is 9.84 Å². The first kappa shape index (κ1) is 24.9. The number of aromatic nitrogens is 1. The Morgan fingerprint density at radius 2 is 1.73 bits per heavy atom. The third-order valence-electron chi connectivity index (χ3n) is 5.22. The van der Waals surface area contributed by atoms with E-state index in [1.54, 1.807) is 24.1 Å². The highest BCUT2D eigenvalue weighted by Crippen LogP contribution is 2.36. The number of hydrogen-bond donors (Lipinski definition) is 0. The van der Waals surface area contributed by atoms with Crippen molar-refractivity contribution in [2.75, 3.05) is 52.1 Å². The Morgan fingerprint density at radius 1 is 1.03 bits per heavy atom. The van der Waals surface area contributed by atoms with E-state index >= 15 is 0 Å². The molecular weight excluding hydrogens is 462 g/mol. The molecule has 2 aromatic carbocycles. The molecule has 0 aliphatic carbocycles. The van der Waals surface area contributed by atoms with Crippen molar-refractivity contribution in [3.05, 3.63) is 42.0 Å². The maximum atomic E-state index is 13.2. The number of thiazole rings is 1. The van der Waals surface area contributed by atoms with Crippen molar-refractivity contribution in [2.45, 2.75) is 18.2 Å². The van der Waals surface area contributed by atoms with E-state index in [4.69, 9.17) is 9.47 Å². The molecule has 3 rings (SSSR count). The molecule has 1 heterocycles. The number of anilines is 1. The number of carbonyl (C=O) groups excluding carboxylic acids is 1. The standard InChI is InChI=1S/C23H29N3O5S2/c1-16-6-11-19(31-5)21-22(16)32-23(24-21)26(14-13-25(2)3)20(27)12-15-33(28,29)18-9-7-17(30-4)8-10-18/h6-11H,12-15H2,1-5H3. The average Bonchev–Trinajstić information content (AvgIpc) is 3.24. The van der Waals surface area contributed by atoms with E-state index in [9.17, 15) is 13.2 Å². The third kappa shape index (κ3) is 5.82. The monoisotopic (exact) mass is 491 g/mol. The first-order chi connectivity index (χ1) is 15.7. The number of amides is 1. The molecular formula is C23H29N3O5S2. The largest absolute Gasteiger partial charge is 0.497 e. The Morgan fingerprint density at radius 3 is 2.33 bits per heavy atom. The molecule has 0 unspecified atom stereocenters. The van der Waals surface area contributed by atoms with Gasteiger partial charge in [0.25, 0.3) is 0 Å². The fourth-order valence-electron chi connectivity index (χ4n) is 3.26. The van der Waals surface area contributed by atoms with Crippen LogP contribution in [0.2, 0.25) is 0 Å². The van der Waals surface area contributed by atoms with Crippen LogP contribution in [-0.2, 0) is 14.6 Å². The van der Waals surface area contributed by atoms with Gasteiger partial charge in [-0.1, -0.05) is 17.4 Å². The molecule has 0 saturated heterocycles. The van der Waals surface area contributed by atoms with Crippen molar-refractivity contribution in [1.82, 2.24) is 9.88 Å². The Labute approximate surface area is 198 Å². The number of methoxy groups -OCH3 is 2. The number of sulfone groups is 1. The van der Waals surface area contributed by atoms with Crippen LogP contribution in [-0.4, -0.2) is 71.4 Å². The molecule has 0 saturated carbocycles. The Kier molecular flexibility index (Phi) is 7.93. The van der Waals surface area contributed by atoms with Crippen LogP contribution in [0.25, 0.3) is 10.2 Å². The maximum Gasteiger partial charge on any atom is 0.229 e. The van der Waals surface area contributed by atoms with Crippen LogP contribution in [0.1, 0.15) is 12.0 Å². The van der Waals surface area contributed by atoms with Gasteiger partial charge in [-0.3, -0.25) is 9.69 Å². The fraction of sp³-hybridized carbons (Fsp3) is 0.391. The first-order valence-electron chi connectivity index (χ1n) is 10.4. The molecule has 8 nitrogen and oxygen atoms in total. The van der Waals surface area contributed by atoms with Crippen molar-refractivity contribution < 1.29 is 22.7 Å². The molecule has 0 bridgehead atoms. The molecule has 0 radical (unpaired) electrons. The number of benzene rings is 2. The predicted octanol–water partition coefficient (Wildman–Crippen LogP) is 3.38. The molecule has 3 aromatic rings. The number of fused-ring (bicyclic) bond motifs is 1.